The Bertz CT molecular complexity index is 271. The molecule has 18 heavy (non-hydrogen) atoms. The molecule has 0 unspecified atom stereocenters. The van der Waals surface area contributed by atoms with E-state index in [2.05, 4.69) is 57.7 Å². The van der Waals surface area contributed by atoms with E-state index in [4.69, 9.17) is 9.59 Å². The summed E-state index contributed by atoms with van der Waals surface area (Å²) < 4.78 is 2.13. The van der Waals surface area contributed by atoms with E-state index >= 15 is 0 Å². The third-order valence-corrected chi connectivity index (χ3v) is 1.69. The van der Waals surface area contributed by atoms with Crippen molar-refractivity contribution in [1.82, 2.24) is 9.55 Å². The van der Waals surface area contributed by atoms with Crippen LogP contribution in [-0.2, 0) is 35.6 Å². The summed E-state index contributed by atoms with van der Waals surface area (Å²) in [6, 6.07) is 0. The SMILES string of the molecule is CCn1cnc(C)c1C.C[C-](C)C.[CH-]=O.[CH-]=O.[Ru+3]. The van der Waals surface area contributed by atoms with Crippen LogP contribution in [0.5, 0.6) is 0 Å². The number of aromatic nitrogens is 2. The third kappa shape index (κ3) is 15.2. The molecule has 0 aliphatic heterocycles. The second kappa shape index (κ2) is 18.5. The van der Waals surface area contributed by atoms with Gasteiger partial charge in [0.25, 0.3) is 0 Å². The van der Waals surface area contributed by atoms with E-state index in [0.717, 1.165) is 12.2 Å². The van der Waals surface area contributed by atoms with Gasteiger partial charge in [-0.05, 0) is 20.8 Å². The zero-order valence-corrected chi connectivity index (χ0v) is 13.7. The van der Waals surface area contributed by atoms with E-state index in [-0.39, 0.29) is 19.5 Å². The molecule has 0 aromatic carbocycles. The van der Waals surface area contributed by atoms with Crippen molar-refractivity contribution in [1.29, 1.82) is 0 Å². The second-order valence-electron chi connectivity index (χ2n) is 3.70. The number of nitrogens with zero attached hydrogens (tertiary/aromatic N) is 2. The van der Waals surface area contributed by atoms with Gasteiger partial charge in [-0.2, -0.15) is 20.8 Å². The number of carbonyl (C=O) groups excluding carboxylic acids is 2. The van der Waals surface area contributed by atoms with Crippen molar-refractivity contribution in [2.24, 2.45) is 0 Å². The van der Waals surface area contributed by atoms with Crippen LogP contribution >= 0.6 is 0 Å². The third-order valence-electron chi connectivity index (χ3n) is 1.69. The Morgan fingerprint density at radius 3 is 1.61 bits per heavy atom. The molecule has 0 saturated carbocycles. The quantitative estimate of drug-likeness (QED) is 0.449. The average Bonchev–Trinajstić information content (AvgIpc) is 2.64. The molecule has 1 rings (SSSR count). The maximum absolute atomic E-state index is 7.75. The van der Waals surface area contributed by atoms with E-state index in [1.54, 1.807) is 0 Å². The molecule has 1 aromatic rings. The van der Waals surface area contributed by atoms with Crippen molar-refractivity contribution >= 4 is 13.6 Å². The Morgan fingerprint density at radius 2 is 1.50 bits per heavy atom. The van der Waals surface area contributed by atoms with Crippen LogP contribution in [0.4, 0.5) is 0 Å². The molecule has 0 bridgehead atoms. The normalized spacial score (nSPS) is 7.50. The molecule has 0 spiro atoms. The summed E-state index contributed by atoms with van der Waals surface area (Å²) in [6.45, 7) is 20.0. The van der Waals surface area contributed by atoms with Crippen LogP contribution < -0.4 is 0 Å². The van der Waals surface area contributed by atoms with Gasteiger partial charge in [0.15, 0.2) is 0 Å². The number of hydrogen-bond donors (Lipinski definition) is 0. The zero-order valence-electron chi connectivity index (χ0n) is 12.0. The van der Waals surface area contributed by atoms with E-state index in [9.17, 15) is 0 Å². The molecule has 0 aliphatic rings. The van der Waals surface area contributed by atoms with Crippen LogP contribution in [0.25, 0.3) is 0 Å². The summed E-state index contributed by atoms with van der Waals surface area (Å²) >= 11 is 0. The van der Waals surface area contributed by atoms with Crippen molar-refractivity contribution in [3.05, 3.63) is 23.6 Å². The van der Waals surface area contributed by atoms with Crippen molar-refractivity contribution < 1.29 is 29.1 Å². The van der Waals surface area contributed by atoms with E-state index in [1.165, 1.54) is 11.6 Å². The number of imidazole rings is 1. The minimum absolute atomic E-state index is 0. The molecular formula is C13H23N2O2Ru. The molecule has 0 aliphatic carbocycles. The first-order valence-corrected chi connectivity index (χ1v) is 5.21. The summed E-state index contributed by atoms with van der Waals surface area (Å²) in [5.74, 6) is 1.42. The fourth-order valence-electron chi connectivity index (χ4n) is 0.863. The van der Waals surface area contributed by atoms with E-state index in [0.29, 0.717) is 0 Å². The molecule has 0 atom stereocenters. The molecule has 1 radical (unpaired) electrons. The minimum atomic E-state index is 0. The number of aryl methyl sites for hydroxylation is 2. The molecular weight excluding hydrogens is 317 g/mol. The van der Waals surface area contributed by atoms with Crippen molar-refractivity contribution in [2.75, 3.05) is 0 Å². The Morgan fingerprint density at radius 1 is 1.17 bits per heavy atom. The Labute approximate surface area is 124 Å². The predicted molar refractivity (Wildman–Crippen MR) is 71.1 cm³/mol. The number of hydrogen-bond acceptors (Lipinski definition) is 3. The first kappa shape index (κ1) is 25.9. The predicted octanol–water partition coefficient (Wildman–Crippen LogP) is 2.59. The van der Waals surface area contributed by atoms with Gasteiger partial charge in [0.05, 0.1) is 12.0 Å². The molecule has 0 fully saturated rings. The molecule has 0 saturated heterocycles. The minimum Gasteiger partial charge on any atom is -0.545 e. The maximum atomic E-state index is 7.75. The van der Waals surface area contributed by atoms with Gasteiger partial charge in [0.1, 0.15) is 0 Å². The molecule has 4 nitrogen and oxygen atoms in total. The van der Waals surface area contributed by atoms with Gasteiger partial charge in [0, 0.05) is 12.2 Å². The van der Waals surface area contributed by atoms with Gasteiger partial charge < -0.3 is 20.1 Å². The van der Waals surface area contributed by atoms with Crippen molar-refractivity contribution in [2.45, 2.75) is 48.1 Å². The van der Waals surface area contributed by atoms with E-state index < -0.39 is 0 Å². The number of rotatable bonds is 1. The summed E-state index contributed by atoms with van der Waals surface area (Å²) in [6.07, 6.45) is 1.88. The summed E-state index contributed by atoms with van der Waals surface area (Å²) in [5.41, 5.74) is 2.41. The Balaban J connectivity index is -0.0000000937. The van der Waals surface area contributed by atoms with Crippen LogP contribution in [0.3, 0.4) is 0 Å². The fourth-order valence-corrected chi connectivity index (χ4v) is 0.863. The van der Waals surface area contributed by atoms with Crippen LogP contribution in [0.15, 0.2) is 6.33 Å². The van der Waals surface area contributed by atoms with Gasteiger partial charge in [-0.25, -0.2) is 4.98 Å². The van der Waals surface area contributed by atoms with Gasteiger partial charge in [-0.3, -0.25) is 13.6 Å². The topological polar surface area (TPSA) is 52.0 Å². The second-order valence-corrected chi connectivity index (χ2v) is 3.70. The van der Waals surface area contributed by atoms with E-state index in [1.807, 2.05) is 13.3 Å². The molecule has 1 aromatic heterocycles. The van der Waals surface area contributed by atoms with Crippen molar-refractivity contribution in [3.8, 4) is 0 Å². The van der Waals surface area contributed by atoms with Crippen LogP contribution in [0.1, 0.15) is 39.1 Å². The molecule has 1 heterocycles. The molecule has 0 amide bonds. The fraction of sp³-hybridized carbons (Fsp3) is 0.538. The Kier molecular flexibility index (Phi) is 26.7. The zero-order chi connectivity index (χ0) is 14.4. The largest absolute Gasteiger partial charge is 3.00 e. The van der Waals surface area contributed by atoms with Crippen molar-refractivity contribution in [3.63, 3.8) is 0 Å². The summed E-state index contributed by atoms with van der Waals surface area (Å²) in [4.78, 5) is 19.6. The smallest absolute Gasteiger partial charge is 0.545 e. The Hall–Kier alpha value is -0.827. The first-order valence-electron chi connectivity index (χ1n) is 5.21. The maximum Gasteiger partial charge on any atom is 3.00 e. The molecule has 0 N–H and O–H groups in total. The average molecular weight is 340 g/mol. The molecule has 5 heteroatoms. The summed E-state index contributed by atoms with van der Waals surface area (Å²) in [5, 5.41) is 0. The van der Waals surface area contributed by atoms with Gasteiger partial charge >= 0.3 is 19.5 Å². The monoisotopic (exact) mass is 341 g/mol. The van der Waals surface area contributed by atoms with Gasteiger partial charge in [-0.15, -0.1) is 0 Å². The van der Waals surface area contributed by atoms with Crippen LogP contribution in [0, 0.1) is 19.8 Å². The standard InChI is InChI=1S/C7H12N2.C4H9.2CHO.Ru/c1-4-9-5-8-6(2)7(9)3;1-4(2)3;2*1-2;/h5H,4H2,1-3H3;1-3H3;2*1H;/q;3*-1;+3. The first-order chi connectivity index (χ1) is 7.99. The van der Waals surface area contributed by atoms with Crippen LogP contribution in [-0.4, -0.2) is 23.1 Å². The molecule has 105 valence electrons. The summed E-state index contributed by atoms with van der Waals surface area (Å²) in [7, 11) is 0. The van der Waals surface area contributed by atoms with Crippen LogP contribution in [0.2, 0.25) is 0 Å². The van der Waals surface area contributed by atoms with Gasteiger partial charge in [-0.1, -0.05) is 0 Å². The van der Waals surface area contributed by atoms with Gasteiger partial charge in [0.2, 0.25) is 0 Å².